The fraction of sp³-hybridized carbons (Fsp3) is 0.267. The van der Waals surface area contributed by atoms with Crippen LogP contribution in [-0.4, -0.2) is 25.9 Å². The molecule has 0 fully saturated rings. The molecule has 0 radical (unpaired) electrons. The highest BCUT2D eigenvalue weighted by Crippen LogP contribution is 2.21. The molecular formula is C15H16Cl2F2N2O2. The van der Waals surface area contributed by atoms with Gasteiger partial charge in [-0.2, -0.15) is 0 Å². The maximum atomic E-state index is 14.3. The number of methoxy groups -OCH3 is 2. The Morgan fingerprint density at radius 1 is 1.39 bits per heavy atom. The molecule has 4 nitrogen and oxygen atoms in total. The van der Waals surface area contributed by atoms with E-state index in [0.29, 0.717) is 10.6 Å². The van der Waals surface area contributed by atoms with Gasteiger partial charge in [0.15, 0.2) is 11.6 Å². The summed E-state index contributed by atoms with van der Waals surface area (Å²) in [5, 5.41) is 3.19. The molecule has 8 heteroatoms. The van der Waals surface area contributed by atoms with Crippen LogP contribution < -0.4 is 5.32 Å². The quantitative estimate of drug-likeness (QED) is 0.423. The first-order valence-corrected chi connectivity index (χ1v) is 7.15. The molecule has 0 aliphatic heterocycles. The van der Waals surface area contributed by atoms with E-state index in [4.69, 9.17) is 32.7 Å². The van der Waals surface area contributed by atoms with Gasteiger partial charge in [0.2, 0.25) is 0 Å². The number of hydrogen-bond donors (Lipinski definition) is 1. The fourth-order valence-electron chi connectivity index (χ4n) is 1.52. The molecular weight excluding hydrogens is 349 g/mol. The van der Waals surface area contributed by atoms with Crippen molar-refractivity contribution in [2.24, 2.45) is 0 Å². The number of allylic oxidation sites excluding steroid dienone is 3. The molecule has 1 heterocycles. The molecule has 0 spiro atoms. The van der Waals surface area contributed by atoms with Crippen LogP contribution in [0.1, 0.15) is 5.56 Å². The zero-order valence-corrected chi connectivity index (χ0v) is 14.1. The monoisotopic (exact) mass is 364 g/mol. The lowest BCUT2D eigenvalue weighted by atomic mass is 10.2. The van der Waals surface area contributed by atoms with Crippen LogP contribution in [0.15, 0.2) is 48.0 Å². The van der Waals surface area contributed by atoms with Crippen molar-refractivity contribution in [1.82, 2.24) is 10.3 Å². The van der Waals surface area contributed by atoms with Crippen molar-refractivity contribution in [3.8, 4) is 0 Å². The fourth-order valence-corrected chi connectivity index (χ4v) is 1.95. The average Bonchev–Trinajstić information content (AvgIpc) is 2.54. The third kappa shape index (κ3) is 5.73. The summed E-state index contributed by atoms with van der Waals surface area (Å²) in [7, 11) is 2.63. The predicted molar refractivity (Wildman–Crippen MR) is 86.4 cm³/mol. The van der Waals surface area contributed by atoms with Crippen LogP contribution in [0.4, 0.5) is 8.78 Å². The molecule has 0 aliphatic rings. The molecule has 0 saturated carbocycles. The second kappa shape index (κ2) is 9.37. The van der Waals surface area contributed by atoms with Crippen LogP contribution in [0.3, 0.4) is 0 Å². The molecule has 1 aromatic rings. The van der Waals surface area contributed by atoms with Crippen LogP contribution in [0, 0.1) is 0 Å². The lowest BCUT2D eigenvalue weighted by molar-refractivity contribution is 0.267. The number of rotatable bonds is 8. The van der Waals surface area contributed by atoms with Gasteiger partial charge in [-0.1, -0.05) is 29.8 Å². The molecule has 1 N–H and O–H groups in total. The Kier molecular flexibility index (Phi) is 7.85. The third-order valence-electron chi connectivity index (χ3n) is 2.78. The summed E-state index contributed by atoms with van der Waals surface area (Å²) < 4.78 is 37.1. The zero-order valence-electron chi connectivity index (χ0n) is 12.6. The Morgan fingerprint density at radius 2 is 2.09 bits per heavy atom. The van der Waals surface area contributed by atoms with E-state index in [1.807, 2.05) is 0 Å². The van der Waals surface area contributed by atoms with E-state index >= 15 is 0 Å². The summed E-state index contributed by atoms with van der Waals surface area (Å²) in [6, 6.07) is 1.44. The second-order valence-corrected chi connectivity index (χ2v) is 5.06. The van der Waals surface area contributed by atoms with Gasteiger partial charge in [0, 0.05) is 24.4 Å². The Morgan fingerprint density at radius 3 is 2.61 bits per heavy atom. The summed E-state index contributed by atoms with van der Waals surface area (Å²) in [5.74, 6) is -0.941. The van der Waals surface area contributed by atoms with Crippen LogP contribution in [-0.2, 0) is 16.0 Å². The van der Waals surface area contributed by atoms with Crippen molar-refractivity contribution in [3.05, 3.63) is 63.7 Å². The van der Waals surface area contributed by atoms with E-state index in [-0.39, 0.29) is 28.9 Å². The number of nitrogens with zero attached hydrogens (tertiary/aromatic N) is 1. The largest absolute Gasteiger partial charge is 0.497 e. The van der Waals surface area contributed by atoms with Crippen molar-refractivity contribution in [2.75, 3.05) is 20.9 Å². The molecule has 0 aromatic carbocycles. The molecule has 0 bridgehead atoms. The summed E-state index contributed by atoms with van der Waals surface area (Å²) >= 11 is 11.7. The molecule has 0 aliphatic carbocycles. The molecule has 126 valence electrons. The Balaban J connectivity index is 2.96. The van der Waals surface area contributed by atoms with E-state index in [1.165, 1.54) is 32.6 Å². The lowest BCUT2D eigenvalue weighted by Crippen LogP contribution is -2.17. The molecule has 0 saturated heterocycles. The van der Waals surface area contributed by atoms with Crippen LogP contribution in [0.2, 0.25) is 10.2 Å². The predicted octanol–water partition coefficient (Wildman–Crippen LogP) is 4.32. The third-order valence-corrected chi connectivity index (χ3v) is 3.34. The number of halogens is 4. The first-order chi connectivity index (χ1) is 10.9. The van der Waals surface area contributed by atoms with Gasteiger partial charge in [-0.3, -0.25) is 0 Å². The van der Waals surface area contributed by atoms with Gasteiger partial charge in [0.05, 0.1) is 24.9 Å². The first kappa shape index (κ1) is 19.3. The Hall–Kier alpha value is -1.79. The molecule has 0 unspecified atom stereocenters. The van der Waals surface area contributed by atoms with Crippen LogP contribution >= 0.6 is 23.2 Å². The van der Waals surface area contributed by atoms with Gasteiger partial charge >= 0.3 is 0 Å². The first-order valence-electron chi connectivity index (χ1n) is 6.40. The Labute approximate surface area is 143 Å². The zero-order chi connectivity index (χ0) is 17.4. The highest BCUT2D eigenvalue weighted by molar-refractivity contribution is 6.34. The van der Waals surface area contributed by atoms with Gasteiger partial charge in [-0.15, -0.1) is 0 Å². The van der Waals surface area contributed by atoms with E-state index < -0.39 is 12.5 Å². The summed E-state index contributed by atoms with van der Waals surface area (Å²) in [6.45, 7) is 2.52. The summed E-state index contributed by atoms with van der Waals surface area (Å²) in [5.41, 5.74) is 0.243. The minimum absolute atomic E-state index is 0.0674. The number of aromatic nitrogens is 1. The van der Waals surface area contributed by atoms with E-state index in [2.05, 4.69) is 16.9 Å². The minimum Gasteiger partial charge on any atom is -0.497 e. The van der Waals surface area contributed by atoms with Crippen LogP contribution in [0.25, 0.3) is 0 Å². The number of ether oxygens (including phenoxy) is 2. The van der Waals surface area contributed by atoms with Gasteiger partial charge in [-0.05, 0) is 6.07 Å². The average molecular weight is 365 g/mol. The Bertz CT molecular complexity index is 634. The molecule has 1 rings (SSSR count). The smallest absolute Gasteiger partial charge is 0.186 e. The number of pyridine rings is 1. The number of hydrogen-bond acceptors (Lipinski definition) is 4. The molecule has 0 amide bonds. The standard InChI is InChI=1S/C15H16Cl2F2N2O2/c1-9(22-2)4-13(23-3)15(19)12(6-18)20-7-10-8-21-14(17)5-11(10)16/h4-5,8,20H,1,6-7H2,2-3H3/b13-4+,15-12-. The molecule has 23 heavy (non-hydrogen) atoms. The second-order valence-electron chi connectivity index (χ2n) is 4.26. The van der Waals surface area contributed by atoms with Gasteiger partial charge < -0.3 is 14.8 Å². The van der Waals surface area contributed by atoms with Crippen molar-refractivity contribution in [1.29, 1.82) is 0 Å². The van der Waals surface area contributed by atoms with E-state index in [0.717, 1.165) is 0 Å². The van der Waals surface area contributed by atoms with Crippen molar-refractivity contribution >= 4 is 23.2 Å². The number of alkyl halides is 1. The summed E-state index contributed by atoms with van der Waals surface area (Å²) in [6.07, 6.45) is 2.63. The van der Waals surface area contributed by atoms with Gasteiger partial charge in [0.1, 0.15) is 17.6 Å². The highest BCUT2D eigenvalue weighted by Gasteiger charge is 2.14. The highest BCUT2D eigenvalue weighted by atomic mass is 35.5. The van der Waals surface area contributed by atoms with Crippen molar-refractivity contribution < 1.29 is 18.3 Å². The SMILES string of the molecule is C=C(/C=C(OC)\C(F)=C(/CF)NCc1cnc(Cl)cc1Cl)OC. The van der Waals surface area contributed by atoms with Crippen molar-refractivity contribution in [3.63, 3.8) is 0 Å². The van der Waals surface area contributed by atoms with E-state index in [9.17, 15) is 8.78 Å². The topological polar surface area (TPSA) is 43.4 Å². The summed E-state index contributed by atoms with van der Waals surface area (Å²) in [4.78, 5) is 3.86. The lowest BCUT2D eigenvalue weighted by Gasteiger charge is -2.12. The molecule has 0 atom stereocenters. The van der Waals surface area contributed by atoms with Gasteiger partial charge in [0.25, 0.3) is 0 Å². The maximum absolute atomic E-state index is 14.3. The normalized spacial score (nSPS) is 12.5. The minimum atomic E-state index is -1.06. The maximum Gasteiger partial charge on any atom is 0.186 e. The molecule has 1 aromatic heterocycles. The van der Waals surface area contributed by atoms with Crippen molar-refractivity contribution in [2.45, 2.75) is 6.54 Å². The van der Waals surface area contributed by atoms with Gasteiger partial charge in [-0.25, -0.2) is 13.8 Å². The number of nitrogens with one attached hydrogen (secondary N) is 1. The van der Waals surface area contributed by atoms with E-state index in [1.54, 1.807) is 0 Å². The van der Waals surface area contributed by atoms with Crippen LogP contribution in [0.5, 0.6) is 0 Å².